The molecule has 0 saturated heterocycles. The van der Waals surface area contributed by atoms with Gasteiger partial charge in [-0.05, 0) is 60.9 Å². The van der Waals surface area contributed by atoms with Gasteiger partial charge in [0.1, 0.15) is 5.75 Å². The fourth-order valence-electron chi connectivity index (χ4n) is 4.02. The summed E-state index contributed by atoms with van der Waals surface area (Å²) in [6.07, 6.45) is 0.695. The zero-order valence-corrected chi connectivity index (χ0v) is 19.0. The van der Waals surface area contributed by atoms with E-state index in [4.69, 9.17) is 16.3 Å². The zero-order chi connectivity index (χ0) is 23.4. The summed E-state index contributed by atoms with van der Waals surface area (Å²) < 4.78 is 5.53. The molecule has 0 saturated carbocycles. The summed E-state index contributed by atoms with van der Waals surface area (Å²) in [4.78, 5) is 27.9. The number of aliphatic hydroxyl groups excluding tert-OH is 1. The number of hydrogen-bond donors (Lipinski definition) is 1. The number of Topliss-reactive ketones (excluding diaryl/α,β-unsaturated/α-hetero) is 1. The molecule has 4 rings (SSSR count). The van der Waals surface area contributed by atoms with Gasteiger partial charge in [-0.15, -0.1) is 0 Å². The molecule has 1 unspecified atom stereocenters. The number of halogens is 1. The first-order chi connectivity index (χ1) is 16.0. The van der Waals surface area contributed by atoms with Crippen LogP contribution in [0.1, 0.15) is 30.5 Å². The van der Waals surface area contributed by atoms with Crippen LogP contribution in [0.15, 0.2) is 90.2 Å². The van der Waals surface area contributed by atoms with E-state index < -0.39 is 17.7 Å². The molecule has 1 aliphatic rings. The van der Waals surface area contributed by atoms with Crippen molar-refractivity contribution in [2.45, 2.75) is 25.8 Å². The van der Waals surface area contributed by atoms with Crippen molar-refractivity contribution < 1.29 is 19.4 Å². The molecule has 0 spiro atoms. The van der Waals surface area contributed by atoms with Crippen molar-refractivity contribution in [2.24, 2.45) is 0 Å². The van der Waals surface area contributed by atoms with Gasteiger partial charge in [0.05, 0.1) is 18.2 Å². The van der Waals surface area contributed by atoms with Crippen molar-refractivity contribution in [1.82, 2.24) is 0 Å². The van der Waals surface area contributed by atoms with E-state index in [1.165, 1.54) is 4.90 Å². The Morgan fingerprint density at radius 3 is 2.30 bits per heavy atom. The van der Waals surface area contributed by atoms with E-state index in [0.717, 1.165) is 5.56 Å². The second-order valence-electron chi connectivity index (χ2n) is 7.73. The number of carbonyl (C=O) groups excluding carboxylic acids is 2. The normalized spacial score (nSPS) is 15.8. The molecule has 1 heterocycles. The largest absolute Gasteiger partial charge is 0.503 e. The number of ether oxygens (including phenoxy) is 1. The molecule has 5 nitrogen and oxygen atoms in total. The van der Waals surface area contributed by atoms with E-state index in [9.17, 15) is 14.7 Å². The van der Waals surface area contributed by atoms with Crippen molar-refractivity contribution in [1.29, 1.82) is 0 Å². The molecule has 0 aromatic heterocycles. The number of aryl methyl sites for hydroxylation is 1. The fraction of sp³-hybridized carbons (Fsp3) is 0.185. The predicted octanol–water partition coefficient (Wildman–Crippen LogP) is 5.84. The predicted molar refractivity (Wildman–Crippen MR) is 129 cm³/mol. The van der Waals surface area contributed by atoms with Crippen LogP contribution in [0.25, 0.3) is 0 Å². The van der Waals surface area contributed by atoms with Gasteiger partial charge in [0.15, 0.2) is 11.5 Å². The molecule has 6 heteroatoms. The second kappa shape index (κ2) is 9.92. The maximum atomic E-state index is 13.3. The maximum absolute atomic E-state index is 13.3. The molecular weight excluding hydrogens is 438 g/mol. The lowest BCUT2D eigenvalue weighted by Crippen LogP contribution is -2.31. The quantitative estimate of drug-likeness (QED) is 0.457. The Balaban J connectivity index is 1.71. The number of rotatable bonds is 8. The Morgan fingerprint density at radius 1 is 1.00 bits per heavy atom. The van der Waals surface area contributed by atoms with Gasteiger partial charge < -0.3 is 9.84 Å². The highest BCUT2D eigenvalue weighted by atomic mass is 35.5. The third kappa shape index (κ3) is 4.78. The molecule has 1 aliphatic heterocycles. The van der Waals surface area contributed by atoms with Crippen LogP contribution >= 0.6 is 11.6 Å². The topological polar surface area (TPSA) is 66.8 Å². The summed E-state index contributed by atoms with van der Waals surface area (Å²) in [6.45, 7) is 2.43. The minimum absolute atomic E-state index is 0.107. The SMILES string of the molecule is CCOc1ccc(C2C(C(=O)CCc3ccccc3)=C(O)C(=O)N2c2ccc(Cl)cc2)cc1. The van der Waals surface area contributed by atoms with Gasteiger partial charge in [0.25, 0.3) is 5.91 Å². The Kier molecular flexibility index (Phi) is 6.80. The standard InChI is InChI=1S/C27H24ClNO4/c1-2-33-22-15-9-19(10-16-22)25-24(23(30)17-8-18-6-4-3-5-7-18)26(31)27(32)29(25)21-13-11-20(28)12-14-21/h3-7,9-16,25,31H,2,8,17H2,1H3. The zero-order valence-electron chi connectivity index (χ0n) is 18.2. The van der Waals surface area contributed by atoms with E-state index in [1.54, 1.807) is 36.4 Å². The van der Waals surface area contributed by atoms with Crippen LogP contribution in [0.4, 0.5) is 5.69 Å². The van der Waals surface area contributed by atoms with Crippen molar-refractivity contribution in [3.8, 4) is 5.75 Å². The average Bonchev–Trinajstić information content (AvgIpc) is 3.10. The molecule has 0 radical (unpaired) electrons. The van der Waals surface area contributed by atoms with Crippen LogP contribution in [0.2, 0.25) is 5.02 Å². The fourth-order valence-corrected chi connectivity index (χ4v) is 4.15. The molecule has 0 aliphatic carbocycles. The van der Waals surface area contributed by atoms with E-state index in [-0.39, 0.29) is 17.8 Å². The van der Waals surface area contributed by atoms with Gasteiger partial charge in [-0.2, -0.15) is 0 Å². The number of amides is 1. The number of anilines is 1. The van der Waals surface area contributed by atoms with E-state index in [0.29, 0.717) is 35.1 Å². The lowest BCUT2D eigenvalue weighted by molar-refractivity contribution is -0.118. The number of carbonyl (C=O) groups is 2. The van der Waals surface area contributed by atoms with Crippen LogP contribution in [0.3, 0.4) is 0 Å². The number of aliphatic hydroxyl groups is 1. The molecule has 3 aromatic rings. The van der Waals surface area contributed by atoms with Gasteiger partial charge in [0, 0.05) is 17.1 Å². The Morgan fingerprint density at radius 2 is 1.67 bits per heavy atom. The van der Waals surface area contributed by atoms with Crippen LogP contribution in [-0.2, 0) is 16.0 Å². The van der Waals surface area contributed by atoms with Crippen molar-refractivity contribution in [2.75, 3.05) is 11.5 Å². The smallest absolute Gasteiger partial charge is 0.294 e. The van der Waals surface area contributed by atoms with Crippen LogP contribution in [0.5, 0.6) is 5.75 Å². The summed E-state index contributed by atoms with van der Waals surface area (Å²) >= 11 is 6.03. The lowest BCUT2D eigenvalue weighted by atomic mass is 9.93. The first kappa shape index (κ1) is 22.6. The molecule has 0 bridgehead atoms. The number of ketones is 1. The molecule has 33 heavy (non-hydrogen) atoms. The average molecular weight is 462 g/mol. The third-order valence-electron chi connectivity index (χ3n) is 5.60. The summed E-state index contributed by atoms with van der Waals surface area (Å²) in [5, 5.41) is 11.3. The minimum atomic E-state index is -0.752. The van der Waals surface area contributed by atoms with E-state index >= 15 is 0 Å². The Bertz CT molecular complexity index is 1170. The Labute approximate surface area is 197 Å². The molecular formula is C27H24ClNO4. The summed E-state index contributed by atoms with van der Waals surface area (Å²) in [6, 6.07) is 22.9. The van der Waals surface area contributed by atoms with E-state index in [2.05, 4.69) is 0 Å². The third-order valence-corrected chi connectivity index (χ3v) is 5.86. The van der Waals surface area contributed by atoms with E-state index in [1.807, 2.05) is 49.4 Å². The molecule has 1 amide bonds. The van der Waals surface area contributed by atoms with Crippen molar-refractivity contribution >= 4 is 29.0 Å². The highest BCUT2D eigenvalue weighted by molar-refractivity contribution is 6.30. The monoisotopic (exact) mass is 461 g/mol. The van der Waals surface area contributed by atoms with Gasteiger partial charge in [0.2, 0.25) is 0 Å². The number of hydrogen-bond acceptors (Lipinski definition) is 4. The van der Waals surface area contributed by atoms with Gasteiger partial charge in [-0.3, -0.25) is 14.5 Å². The van der Waals surface area contributed by atoms with Crippen LogP contribution in [-0.4, -0.2) is 23.4 Å². The maximum Gasteiger partial charge on any atom is 0.294 e. The molecule has 168 valence electrons. The molecule has 0 fully saturated rings. The van der Waals surface area contributed by atoms with Crippen molar-refractivity contribution in [3.05, 3.63) is 106 Å². The summed E-state index contributed by atoms with van der Waals surface area (Å²) in [5.74, 6) is -0.699. The highest BCUT2D eigenvalue weighted by Crippen LogP contribution is 2.42. The first-order valence-electron chi connectivity index (χ1n) is 10.8. The Hall–Kier alpha value is -3.57. The first-order valence-corrected chi connectivity index (χ1v) is 11.2. The highest BCUT2D eigenvalue weighted by Gasteiger charge is 2.44. The van der Waals surface area contributed by atoms with Crippen LogP contribution < -0.4 is 9.64 Å². The van der Waals surface area contributed by atoms with Crippen LogP contribution in [0, 0.1) is 0 Å². The lowest BCUT2D eigenvalue weighted by Gasteiger charge is -2.27. The van der Waals surface area contributed by atoms with Gasteiger partial charge >= 0.3 is 0 Å². The van der Waals surface area contributed by atoms with Crippen molar-refractivity contribution in [3.63, 3.8) is 0 Å². The van der Waals surface area contributed by atoms with Gasteiger partial charge in [-0.25, -0.2) is 0 Å². The minimum Gasteiger partial charge on any atom is -0.503 e. The second-order valence-corrected chi connectivity index (χ2v) is 8.16. The number of benzene rings is 3. The number of nitrogens with zero attached hydrogens (tertiary/aromatic N) is 1. The molecule has 3 aromatic carbocycles. The molecule has 1 N–H and O–H groups in total. The summed E-state index contributed by atoms with van der Waals surface area (Å²) in [7, 11) is 0. The van der Waals surface area contributed by atoms with Gasteiger partial charge in [-0.1, -0.05) is 54.1 Å². The molecule has 1 atom stereocenters. The summed E-state index contributed by atoms with van der Waals surface area (Å²) in [5.41, 5.74) is 2.37.